The largest absolute Gasteiger partial charge is 0.383 e. The molecule has 0 radical (unpaired) electrons. The second-order valence-corrected chi connectivity index (χ2v) is 3.57. The molecule has 17 heavy (non-hydrogen) atoms. The summed E-state index contributed by atoms with van der Waals surface area (Å²) in [5, 5.41) is 22.7. The van der Waals surface area contributed by atoms with Crippen molar-refractivity contribution in [2.24, 2.45) is 0 Å². The van der Waals surface area contributed by atoms with Crippen LogP contribution in [0, 0.1) is 21.4 Å². The van der Waals surface area contributed by atoms with Crippen LogP contribution in [0.3, 0.4) is 0 Å². The molecule has 1 rings (SSSR count). The van der Waals surface area contributed by atoms with Gasteiger partial charge in [0, 0.05) is 13.2 Å². The first-order chi connectivity index (χ1) is 8.10. The number of nitrogens with one attached hydrogen (secondary N) is 1. The Kier molecular flexibility index (Phi) is 4.43. The molecule has 1 atom stereocenters. The fraction of sp³-hybridized carbons (Fsp3) is 0.364. The Morgan fingerprint density at radius 2 is 2.35 bits per heavy atom. The molecule has 0 aliphatic rings. The van der Waals surface area contributed by atoms with Gasteiger partial charge in [-0.05, 0) is 19.1 Å². The molecule has 0 spiro atoms. The minimum Gasteiger partial charge on any atom is -0.383 e. The van der Waals surface area contributed by atoms with Gasteiger partial charge in [-0.25, -0.2) is 0 Å². The van der Waals surface area contributed by atoms with Gasteiger partial charge in [-0.1, -0.05) is 6.07 Å². The zero-order chi connectivity index (χ0) is 12.8. The SMILES string of the molecule is COCC(C)Nc1cccc(C#N)c1[N+](=O)[O-]. The highest BCUT2D eigenvalue weighted by Crippen LogP contribution is 2.28. The monoisotopic (exact) mass is 235 g/mol. The fourth-order valence-corrected chi connectivity index (χ4v) is 1.50. The summed E-state index contributed by atoms with van der Waals surface area (Å²) in [5.74, 6) is 0. The molecule has 0 heterocycles. The van der Waals surface area contributed by atoms with Crippen molar-refractivity contribution in [1.29, 1.82) is 5.26 Å². The number of hydrogen-bond acceptors (Lipinski definition) is 5. The molecule has 6 nitrogen and oxygen atoms in total. The standard InChI is InChI=1S/C11H13N3O3/c1-8(7-17-2)13-10-5-3-4-9(6-12)11(10)14(15)16/h3-5,8,13H,7H2,1-2H3. The van der Waals surface area contributed by atoms with Gasteiger partial charge in [0.05, 0.1) is 11.5 Å². The van der Waals surface area contributed by atoms with Crippen molar-refractivity contribution < 1.29 is 9.66 Å². The third kappa shape index (κ3) is 3.16. The van der Waals surface area contributed by atoms with Crippen LogP contribution in [-0.2, 0) is 4.74 Å². The molecule has 0 bridgehead atoms. The summed E-state index contributed by atoms with van der Waals surface area (Å²) in [4.78, 5) is 10.4. The highest BCUT2D eigenvalue weighted by Gasteiger charge is 2.20. The summed E-state index contributed by atoms with van der Waals surface area (Å²) >= 11 is 0. The van der Waals surface area contributed by atoms with Crippen molar-refractivity contribution in [3.05, 3.63) is 33.9 Å². The molecule has 1 N–H and O–H groups in total. The van der Waals surface area contributed by atoms with E-state index in [-0.39, 0.29) is 17.3 Å². The Morgan fingerprint density at radius 3 is 2.88 bits per heavy atom. The molecule has 1 unspecified atom stereocenters. The summed E-state index contributed by atoms with van der Waals surface area (Å²) in [7, 11) is 1.55. The molecule has 0 saturated heterocycles. The normalized spacial score (nSPS) is 11.6. The van der Waals surface area contributed by atoms with Crippen molar-refractivity contribution in [2.45, 2.75) is 13.0 Å². The predicted molar refractivity (Wildman–Crippen MR) is 62.8 cm³/mol. The lowest BCUT2D eigenvalue weighted by molar-refractivity contribution is -0.384. The van der Waals surface area contributed by atoms with Crippen LogP contribution >= 0.6 is 0 Å². The van der Waals surface area contributed by atoms with Crippen LogP contribution in [-0.4, -0.2) is 24.7 Å². The van der Waals surface area contributed by atoms with Crippen molar-refractivity contribution in [3.63, 3.8) is 0 Å². The van der Waals surface area contributed by atoms with E-state index in [1.807, 2.05) is 13.0 Å². The molecule has 1 aromatic rings. The lowest BCUT2D eigenvalue weighted by Crippen LogP contribution is -2.21. The van der Waals surface area contributed by atoms with E-state index < -0.39 is 4.92 Å². The van der Waals surface area contributed by atoms with E-state index in [1.165, 1.54) is 6.07 Å². The number of anilines is 1. The molecule has 0 aliphatic carbocycles. The average molecular weight is 235 g/mol. The second kappa shape index (κ2) is 5.82. The maximum atomic E-state index is 10.9. The van der Waals surface area contributed by atoms with E-state index in [0.29, 0.717) is 12.3 Å². The molecule has 90 valence electrons. The van der Waals surface area contributed by atoms with E-state index >= 15 is 0 Å². The number of rotatable bonds is 5. The summed E-state index contributed by atoms with van der Waals surface area (Å²) in [6, 6.07) is 6.33. The Morgan fingerprint density at radius 1 is 1.65 bits per heavy atom. The smallest absolute Gasteiger partial charge is 0.309 e. The maximum absolute atomic E-state index is 10.9. The molecule has 1 aromatic carbocycles. The number of nitro benzene ring substituents is 1. The third-order valence-corrected chi connectivity index (χ3v) is 2.16. The molecule has 0 fully saturated rings. The van der Waals surface area contributed by atoms with Gasteiger partial charge in [-0.2, -0.15) is 5.26 Å². The number of ether oxygens (including phenoxy) is 1. The Labute approximate surface area is 99.0 Å². The zero-order valence-corrected chi connectivity index (χ0v) is 9.64. The maximum Gasteiger partial charge on any atom is 0.309 e. The van der Waals surface area contributed by atoms with Crippen molar-refractivity contribution in [1.82, 2.24) is 0 Å². The van der Waals surface area contributed by atoms with Gasteiger partial charge in [0.15, 0.2) is 0 Å². The van der Waals surface area contributed by atoms with Crippen molar-refractivity contribution in [2.75, 3.05) is 19.0 Å². The first-order valence-electron chi connectivity index (χ1n) is 5.03. The van der Waals surface area contributed by atoms with Crippen LogP contribution < -0.4 is 5.32 Å². The number of nitrogens with zero attached hydrogens (tertiary/aromatic N) is 2. The van der Waals surface area contributed by atoms with Crippen LogP contribution in [0.25, 0.3) is 0 Å². The lowest BCUT2D eigenvalue weighted by Gasteiger charge is -2.14. The number of nitro groups is 1. The van der Waals surface area contributed by atoms with E-state index in [2.05, 4.69) is 5.32 Å². The van der Waals surface area contributed by atoms with Gasteiger partial charge < -0.3 is 10.1 Å². The Bertz CT molecular complexity index is 454. The molecule has 0 amide bonds. The molecular weight excluding hydrogens is 222 g/mol. The summed E-state index contributed by atoms with van der Waals surface area (Å²) in [5.41, 5.74) is 0.182. The zero-order valence-electron chi connectivity index (χ0n) is 9.64. The van der Waals surface area contributed by atoms with Gasteiger partial charge in [0.2, 0.25) is 0 Å². The van der Waals surface area contributed by atoms with Gasteiger partial charge >= 0.3 is 5.69 Å². The van der Waals surface area contributed by atoms with Crippen LogP contribution in [0.15, 0.2) is 18.2 Å². The number of para-hydroxylation sites is 1. The van der Waals surface area contributed by atoms with Crippen molar-refractivity contribution >= 4 is 11.4 Å². The lowest BCUT2D eigenvalue weighted by atomic mass is 10.1. The predicted octanol–water partition coefficient (Wildman–Crippen LogP) is 1.91. The molecule has 0 saturated carbocycles. The Balaban J connectivity index is 3.07. The van der Waals surface area contributed by atoms with E-state index in [0.717, 1.165) is 0 Å². The summed E-state index contributed by atoms with van der Waals surface area (Å²) < 4.78 is 4.94. The first-order valence-corrected chi connectivity index (χ1v) is 5.03. The third-order valence-electron chi connectivity index (χ3n) is 2.16. The minimum atomic E-state index is -0.555. The molecule has 0 aliphatic heterocycles. The van der Waals surface area contributed by atoms with Gasteiger partial charge in [0.25, 0.3) is 0 Å². The average Bonchev–Trinajstić information content (AvgIpc) is 2.28. The minimum absolute atomic E-state index is 0.0459. The quantitative estimate of drug-likeness (QED) is 0.622. The van der Waals surface area contributed by atoms with Crippen LogP contribution in [0.4, 0.5) is 11.4 Å². The molecular formula is C11H13N3O3. The number of methoxy groups -OCH3 is 1. The highest BCUT2D eigenvalue weighted by atomic mass is 16.6. The molecule has 0 aromatic heterocycles. The van der Waals surface area contributed by atoms with Crippen molar-refractivity contribution in [3.8, 4) is 6.07 Å². The second-order valence-electron chi connectivity index (χ2n) is 3.57. The highest BCUT2D eigenvalue weighted by molar-refractivity contribution is 5.68. The van der Waals surface area contributed by atoms with E-state index in [4.69, 9.17) is 10.00 Å². The topological polar surface area (TPSA) is 88.2 Å². The van der Waals surface area contributed by atoms with Gasteiger partial charge in [0.1, 0.15) is 17.3 Å². The van der Waals surface area contributed by atoms with E-state index in [9.17, 15) is 10.1 Å². The molecule has 6 heteroatoms. The number of benzene rings is 1. The summed E-state index contributed by atoms with van der Waals surface area (Å²) in [6.07, 6.45) is 0. The van der Waals surface area contributed by atoms with E-state index in [1.54, 1.807) is 19.2 Å². The first kappa shape index (κ1) is 12.9. The van der Waals surface area contributed by atoms with Gasteiger partial charge in [-0.3, -0.25) is 10.1 Å². The number of nitriles is 1. The fourth-order valence-electron chi connectivity index (χ4n) is 1.50. The van der Waals surface area contributed by atoms with Crippen LogP contribution in [0.2, 0.25) is 0 Å². The summed E-state index contributed by atoms with van der Waals surface area (Å²) in [6.45, 7) is 2.26. The number of hydrogen-bond donors (Lipinski definition) is 1. The van der Waals surface area contributed by atoms with Gasteiger partial charge in [-0.15, -0.1) is 0 Å². The van der Waals surface area contributed by atoms with Crippen LogP contribution in [0.5, 0.6) is 0 Å². The van der Waals surface area contributed by atoms with Crippen LogP contribution in [0.1, 0.15) is 12.5 Å². The Hall–Kier alpha value is -2.13.